The number of nitrogens with one attached hydrogen (secondary N) is 1. The molecule has 0 aliphatic rings. The number of carbonyl (C=O) groups excluding carboxylic acids is 1. The monoisotopic (exact) mass is 403 g/mol. The fourth-order valence-corrected chi connectivity index (χ4v) is 3.31. The molecule has 0 aliphatic heterocycles. The summed E-state index contributed by atoms with van der Waals surface area (Å²) < 4.78 is 6.92. The Bertz CT molecular complexity index is 916. The molecular formula is C18H18ClN5O2S. The van der Waals surface area contributed by atoms with Crippen molar-refractivity contribution < 1.29 is 9.53 Å². The summed E-state index contributed by atoms with van der Waals surface area (Å²) in [6.45, 7) is 2.24. The molecule has 140 valence electrons. The highest BCUT2D eigenvalue weighted by Gasteiger charge is 2.20. The molecule has 9 heteroatoms. The predicted octanol–water partition coefficient (Wildman–Crippen LogP) is 3.12. The molecule has 1 aromatic heterocycles. The van der Waals surface area contributed by atoms with Crippen molar-refractivity contribution in [3.63, 3.8) is 0 Å². The SMILES string of the molecule is COc1ccccc1-n1nnnc1SC(C)C(=O)NCc1ccc(Cl)cc1. The van der Waals surface area contributed by atoms with E-state index in [1.165, 1.54) is 11.8 Å². The van der Waals surface area contributed by atoms with Crippen LogP contribution < -0.4 is 10.1 Å². The minimum atomic E-state index is -0.378. The molecule has 0 saturated heterocycles. The summed E-state index contributed by atoms with van der Waals surface area (Å²) in [6, 6.07) is 14.8. The molecule has 27 heavy (non-hydrogen) atoms. The number of hydrogen-bond acceptors (Lipinski definition) is 6. The van der Waals surface area contributed by atoms with Crippen LogP contribution in [0.4, 0.5) is 0 Å². The fourth-order valence-electron chi connectivity index (χ4n) is 2.36. The van der Waals surface area contributed by atoms with E-state index in [9.17, 15) is 4.79 Å². The number of thioether (sulfide) groups is 1. The van der Waals surface area contributed by atoms with Crippen LogP contribution in [0.15, 0.2) is 53.7 Å². The highest BCUT2D eigenvalue weighted by molar-refractivity contribution is 8.00. The van der Waals surface area contributed by atoms with Crippen molar-refractivity contribution >= 4 is 29.3 Å². The quantitative estimate of drug-likeness (QED) is 0.610. The number of hydrogen-bond donors (Lipinski definition) is 1. The van der Waals surface area contributed by atoms with Crippen molar-refractivity contribution in [2.24, 2.45) is 0 Å². The summed E-state index contributed by atoms with van der Waals surface area (Å²) in [4.78, 5) is 12.4. The number of methoxy groups -OCH3 is 1. The molecule has 1 atom stereocenters. The second kappa shape index (κ2) is 8.88. The number of ether oxygens (including phenoxy) is 1. The van der Waals surface area contributed by atoms with Crippen LogP contribution in [0.3, 0.4) is 0 Å². The van der Waals surface area contributed by atoms with Crippen molar-refractivity contribution in [1.82, 2.24) is 25.5 Å². The Labute approximate surface area is 166 Å². The van der Waals surface area contributed by atoms with Crippen LogP contribution in [0, 0.1) is 0 Å². The Morgan fingerprint density at radius 2 is 2.00 bits per heavy atom. The van der Waals surface area contributed by atoms with Crippen LogP contribution in [-0.4, -0.2) is 38.5 Å². The molecule has 0 bridgehead atoms. The van der Waals surface area contributed by atoms with E-state index in [0.717, 1.165) is 5.56 Å². The van der Waals surface area contributed by atoms with Gasteiger partial charge in [0, 0.05) is 11.6 Å². The molecule has 1 heterocycles. The lowest BCUT2D eigenvalue weighted by atomic mass is 10.2. The topological polar surface area (TPSA) is 81.9 Å². The third-order valence-electron chi connectivity index (χ3n) is 3.79. The number of benzene rings is 2. The normalized spacial score (nSPS) is 11.8. The van der Waals surface area contributed by atoms with Gasteiger partial charge in [-0.1, -0.05) is 47.6 Å². The smallest absolute Gasteiger partial charge is 0.233 e. The second-order valence-corrected chi connectivity index (χ2v) is 7.39. The van der Waals surface area contributed by atoms with E-state index in [1.807, 2.05) is 43.3 Å². The van der Waals surface area contributed by atoms with Gasteiger partial charge in [0.15, 0.2) is 0 Å². The lowest BCUT2D eigenvalue weighted by Crippen LogP contribution is -2.30. The first-order chi connectivity index (χ1) is 13.1. The van der Waals surface area contributed by atoms with Crippen LogP contribution in [0.25, 0.3) is 5.69 Å². The first-order valence-electron chi connectivity index (χ1n) is 8.19. The number of aromatic nitrogens is 4. The summed E-state index contributed by atoms with van der Waals surface area (Å²) in [5, 5.41) is 15.5. The zero-order valence-corrected chi connectivity index (χ0v) is 16.4. The summed E-state index contributed by atoms with van der Waals surface area (Å²) in [5.41, 5.74) is 1.69. The van der Waals surface area contributed by atoms with Gasteiger partial charge in [-0.05, 0) is 47.2 Å². The lowest BCUT2D eigenvalue weighted by Gasteiger charge is -2.13. The van der Waals surface area contributed by atoms with Gasteiger partial charge in [0.1, 0.15) is 11.4 Å². The van der Waals surface area contributed by atoms with E-state index < -0.39 is 0 Å². The second-order valence-electron chi connectivity index (χ2n) is 5.65. The molecule has 0 fully saturated rings. The maximum atomic E-state index is 12.4. The summed E-state index contributed by atoms with van der Waals surface area (Å²) in [5.74, 6) is 0.538. The Kier molecular flexibility index (Phi) is 6.31. The van der Waals surface area contributed by atoms with E-state index in [4.69, 9.17) is 16.3 Å². The van der Waals surface area contributed by atoms with E-state index in [2.05, 4.69) is 20.8 Å². The molecule has 2 aromatic carbocycles. The highest BCUT2D eigenvalue weighted by atomic mass is 35.5. The number of tetrazole rings is 1. The van der Waals surface area contributed by atoms with Crippen molar-refractivity contribution in [3.05, 3.63) is 59.1 Å². The van der Waals surface area contributed by atoms with Gasteiger partial charge in [-0.3, -0.25) is 4.79 Å². The summed E-state index contributed by atoms with van der Waals surface area (Å²) in [6.07, 6.45) is 0. The summed E-state index contributed by atoms with van der Waals surface area (Å²) in [7, 11) is 1.59. The maximum Gasteiger partial charge on any atom is 0.233 e. The first kappa shape index (κ1) is 19.2. The third kappa shape index (κ3) is 4.78. The van der Waals surface area contributed by atoms with Gasteiger partial charge in [0.25, 0.3) is 0 Å². The number of para-hydroxylation sites is 2. The summed E-state index contributed by atoms with van der Waals surface area (Å²) >= 11 is 7.15. The minimum Gasteiger partial charge on any atom is -0.494 e. The van der Waals surface area contributed by atoms with Crippen molar-refractivity contribution in [2.75, 3.05) is 7.11 Å². The number of carbonyl (C=O) groups is 1. The molecule has 1 N–H and O–H groups in total. The van der Waals surface area contributed by atoms with Gasteiger partial charge in [0.2, 0.25) is 11.1 Å². The van der Waals surface area contributed by atoms with E-state index in [1.54, 1.807) is 23.9 Å². The zero-order chi connectivity index (χ0) is 19.2. The van der Waals surface area contributed by atoms with Gasteiger partial charge in [-0.2, -0.15) is 4.68 Å². The molecule has 0 aliphatic carbocycles. The number of nitrogens with zero attached hydrogens (tertiary/aromatic N) is 4. The third-order valence-corrected chi connectivity index (χ3v) is 5.07. The molecule has 3 aromatic rings. The highest BCUT2D eigenvalue weighted by Crippen LogP contribution is 2.27. The van der Waals surface area contributed by atoms with Gasteiger partial charge in [-0.15, -0.1) is 5.10 Å². The van der Waals surface area contributed by atoms with Crippen molar-refractivity contribution in [1.29, 1.82) is 0 Å². The van der Waals surface area contributed by atoms with Crippen LogP contribution in [0.5, 0.6) is 5.75 Å². The standard InChI is InChI=1S/C18H18ClN5O2S/c1-12(17(25)20-11-13-7-9-14(19)10-8-13)27-18-21-22-23-24(18)15-5-3-4-6-16(15)26-2/h3-10,12H,11H2,1-2H3,(H,20,25). The number of amides is 1. The largest absolute Gasteiger partial charge is 0.494 e. The zero-order valence-electron chi connectivity index (χ0n) is 14.8. The van der Waals surface area contributed by atoms with E-state index >= 15 is 0 Å². The fraction of sp³-hybridized carbons (Fsp3) is 0.222. The predicted molar refractivity (Wildman–Crippen MR) is 104 cm³/mol. The molecule has 1 unspecified atom stereocenters. The average molecular weight is 404 g/mol. The first-order valence-corrected chi connectivity index (χ1v) is 9.45. The molecule has 0 radical (unpaired) electrons. The Hall–Kier alpha value is -2.58. The van der Waals surface area contributed by atoms with Crippen LogP contribution in [-0.2, 0) is 11.3 Å². The lowest BCUT2D eigenvalue weighted by molar-refractivity contribution is -0.120. The van der Waals surface area contributed by atoms with E-state index in [0.29, 0.717) is 28.2 Å². The number of rotatable bonds is 7. The van der Waals surface area contributed by atoms with Crippen LogP contribution in [0.2, 0.25) is 5.02 Å². The van der Waals surface area contributed by atoms with Gasteiger partial charge < -0.3 is 10.1 Å². The molecule has 0 saturated carbocycles. The van der Waals surface area contributed by atoms with Crippen LogP contribution >= 0.6 is 23.4 Å². The van der Waals surface area contributed by atoms with Gasteiger partial charge >= 0.3 is 0 Å². The molecule has 1 amide bonds. The van der Waals surface area contributed by atoms with Crippen LogP contribution in [0.1, 0.15) is 12.5 Å². The minimum absolute atomic E-state index is 0.107. The Morgan fingerprint density at radius 1 is 1.26 bits per heavy atom. The molecule has 0 spiro atoms. The maximum absolute atomic E-state index is 12.4. The van der Waals surface area contributed by atoms with Crippen molar-refractivity contribution in [3.8, 4) is 11.4 Å². The number of halogens is 1. The average Bonchev–Trinajstić information content (AvgIpc) is 3.15. The molecule has 7 nitrogen and oxygen atoms in total. The van der Waals surface area contributed by atoms with Gasteiger partial charge in [0.05, 0.1) is 12.4 Å². The van der Waals surface area contributed by atoms with Crippen molar-refractivity contribution in [2.45, 2.75) is 23.9 Å². The molecular weight excluding hydrogens is 386 g/mol. The Morgan fingerprint density at radius 3 is 2.74 bits per heavy atom. The Balaban J connectivity index is 1.66. The van der Waals surface area contributed by atoms with E-state index in [-0.39, 0.29) is 11.2 Å². The van der Waals surface area contributed by atoms with Gasteiger partial charge in [-0.25, -0.2) is 0 Å². The molecule has 3 rings (SSSR count).